The van der Waals surface area contributed by atoms with Crippen LogP contribution >= 0.6 is 15.9 Å². The number of hydrogen-bond acceptors (Lipinski definition) is 3. The predicted molar refractivity (Wildman–Crippen MR) is 78.0 cm³/mol. The Morgan fingerprint density at radius 2 is 2.11 bits per heavy atom. The van der Waals surface area contributed by atoms with E-state index in [0.29, 0.717) is 0 Å². The number of aliphatic hydroxyl groups excluding tert-OH is 1. The van der Waals surface area contributed by atoms with Gasteiger partial charge in [-0.1, -0.05) is 28.1 Å². The van der Waals surface area contributed by atoms with Gasteiger partial charge in [0.25, 0.3) is 0 Å². The van der Waals surface area contributed by atoms with Gasteiger partial charge in [0.15, 0.2) is 0 Å². The summed E-state index contributed by atoms with van der Waals surface area (Å²) in [5.74, 6) is 0. The molecule has 4 nitrogen and oxygen atoms in total. The molecule has 0 aliphatic carbocycles. The van der Waals surface area contributed by atoms with Crippen LogP contribution in [0.3, 0.4) is 0 Å². The normalized spacial score (nSPS) is 12.9. The monoisotopic (exact) mass is 329 g/mol. The molecule has 19 heavy (non-hydrogen) atoms. The van der Waals surface area contributed by atoms with Crippen LogP contribution in [0.4, 0.5) is 4.79 Å². The third kappa shape index (κ3) is 4.84. The highest BCUT2D eigenvalue weighted by atomic mass is 79.9. The van der Waals surface area contributed by atoms with Crippen molar-refractivity contribution in [3.63, 3.8) is 0 Å². The molecule has 106 valence electrons. The van der Waals surface area contributed by atoms with Gasteiger partial charge >= 0.3 is 6.09 Å². The number of benzene rings is 1. The fraction of sp³-hybridized carbons (Fsp3) is 0.500. The number of likely N-dealkylation sites (N-methyl/N-ethyl adjacent to an activating group) is 1. The zero-order chi connectivity index (χ0) is 14.6. The first-order chi connectivity index (χ1) is 8.74. The SMILES string of the molecule is CN(C(=O)OC(C)(C)C)C(CO)c1cccc(Br)c1. The maximum Gasteiger partial charge on any atom is 0.410 e. The Morgan fingerprint density at radius 3 is 2.58 bits per heavy atom. The van der Waals surface area contributed by atoms with Gasteiger partial charge in [-0.2, -0.15) is 0 Å². The summed E-state index contributed by atoms with van der Waals surface area (Å²) in [6.45, 7) is 5.27. The van der Waals surface area contributed by atoms with E-state index in [1.807, 2.05) is 45.0 Å². The molecule has 0 saturated carbocycles. The average molecular weight is 330 g/mol. The van der Waals surface area contributed by atoms with Crippen LogP contribution in [0.15, 0.2) is 28.7 Å². The fourth-order valence-electron chi connectivity index (χ4n) is 1.63. The van der Waals surface area contributed by atoms with E-state index in [-0.39, 0.29) is 6.61 Å². The summed E-state index contributed by atoms with van der Waals surface area (Å²) in [6, 6.07) is 7.08. The molecule has 1 aromatic rings. The Kier molecular flexibility index (Phi) is 5.38. The molecule has 0 aromatic heterocycles. The summed E-state index contributed by atoms with van der Waals surface area (Å²) < 4.78 is 6.20. The van der Waals surface area contributed by atoms with Gasteiger partial charge in [-0.05, 0) is 38.5 Å². The molecule has 1 aromatic carbocycles. The zero-order valence-electron chi connectivity index (χ0n) is 11.7. The van der Waals surface area contributed by atoms with E-state index in [4.69, 9.17) is 4.74 Å². The third-order valence-corrected chi connectivity index (χ3v) is 3.05. The Hall–Kier alpha value is -1.07. The smallest absolute Gasteiger partial charge is 0.410 e. The van der Waals surface area contributed by atoms with Gasteiger partial charge in [0.1, 0.15) is 5.60 Å². The highest BCUT2D eigenvalue weighted by Crippen LogP contribution is 2.23. The van der Waals surface area contributed by atoms with E-state index in [1.165, 1.54) is 4.90 Å². The van der Waals surface area contributed by atoms with E-state index in [2.05, 4.69) is 15.9 Å². The zero-order valence-corrected chi connectivity index (χ0v) is 13.3. The number of amides is 1. The second-order valence-electron chi connectivity index (χ2n) is 5.34. The van der Waals surface area contributed by atoms with Crippen LogP contribution in [0.2, 0.25) is 0 Å². The quantitative estimate of drug-likeness (QED) is 0.925. The molecule has 1 amide bonds. The largest absolute Gasteiger partial charge is 0.444 e. The molecule has 0 spiro atoms. The Balaban J connectivity index is 2.88. The molecule has 0 aliphatic heterocycles. The Morgan fingerprint density at radius 1 is 1.47 bits per heavy atom. The van der Waals surface area contributed by atoms with Crippen LogP contribution in [-0.4, -0.2) is 35.4 Å². The van der Waals surface area contributed by atoms with Gasteiger partial charge in [-0.15, -0.1) is 0 Å². The van der Waals surface area contributed by atoms with E-state index >= 15 is 0 Å². The van der Waals surface area contributed by atoms with Gasteiger partial charge in [0, 0.05) is 11.5 Å². The summed E-state index contributed by atoms with van der Waals surface area (Å²) in [5.41, 5.74) is 0.299. The fourth-order valence-corrected chi connectivity index (χ4v) is 2.04. The lowest BCUT2D eigenvalue weighted by Gasteiger charge is -2.30. The molecule has 5 heteroatoms. The van der Waals surface area contributed by atoms with Gasteiger partial charge in [0.2, 0.25) is 0 Å². The first kappa shape index (κ1) is 16.0. The van der Waals surface area contributed by atoms with Crippen LogP contribution in [0.5, 0.6) is 0 Å². The number of hydrogen-bond donors (Lipinski definition) is 1. The number of aliphatic hydroxyl groups is 1. The van der Waals surface area contributed by atoms with E-state index < -0.39 is 17.7 Å². The second kappa shape index (κ2) is 6.39. The lowest BCUT2D eigenvalue weighted by Crippen LogP contribution is -2.37. The molecule has 1 unspecified atom stereocenters. The molecule has 1 atom stereocenters. The summed E-state index contributed by atoms with van der Waals surface area (Å²) in [5, 5.41) is 9.52. The molecule has 1 rings (SSSR count). The van der Waals surface area contributed by atoms with Gasteiger partial charge < -0.3 is 14.7 Å². The number of rotatable bonds is 3. The number of carbonyl (C=O) groups is 1. The first-order valence-electron chi connectivity index (χ1n) is 6.06. The first-order valence-corrected chi connectivity index (χ1v) is 6.86. The van der Waals surface area contributed by atoms with E-state index in [9.17, 15) is 9.90 Å². The van der Waals surface area contributed by atoms with Crippen LogP contribution in [0, 0.1) is 0 Å². The second-order valence-corrected chi connectivity index (χ2v) is 6.26. The Bertz CT molecular complexity index is 443. The number of ether oxygens (including phenoxy) is 1. The predicted octanol–water partition coefficient (Wildman–Crippen LogP) is 3.35. The van der Waals surface area contributed by atoms with Crippen molar-refractivity contribution in [2.45, 2.75) is 32.4 Å². The van der Waals surface area contributed by atoms with Crippen LogP contribution in [0.1, 0.15) is 32.4 Å². The van der Waals surface area contributed by atoms with Crippen molar-refractivity contribution >= 4 is 22.0 Å². The Labute approximate surface area is 122 Å². The van der Waals surface area contributed by atoms with Gasteiger partial charge in [-0.25, -0.2) is 4.79 Å². The molecular formula is C14H20BrNO3. The molecule has 0 aliphatic rings. The standard InChI is InChI=1S/C14H20BrNO3/c1-14(2,3)19-13(18)16(4)12(9-17)10-6-5-7-11(15)8-10/h5-8,12,17H,9H2,1-4H3. The maximum atomic E-state index is 12.0. The third-order valence-electron chi connectivity index (χ3n) is 2.56. The molecule has 0 bridgehead atoms. The highest BCUT2D eigenvalue weighted by molar-refractivity contribution is 9.10. The minimum Gasteiger partial charge on any atom is -0.444 e. The molecule has 0 heterocycles. The highest BCUT2D eigenvalue weighted by Gasteiger charge is 2.26. The minimum absolute atomic E-state index is 0.161. The van der Waals surface area contributed by atoms with E-state index in [1.54, 1.807) is 7.05 Å². The van der Waals surface area contributed by atoms with Crippen molar-refractivity contribution in [1.82, 2.24) is 4.90 Å². The molecule has 0 fully saturated rings. The van der Waals surface area contributed by atoms with Crippen molar-refractivity contribution in [2.24, 2.45) is 0 Å². The molecule has 0 saturated heterocycles. The van der Waals surface area contributed by atoms with Crippen molar-refractivity contribution in [3.8, 4) is 0 Å². The summed E-state index contributed by atoms with van der Waals surface area (Å²) >= 11 is 3.38. The van der Waals surface area contributed by atoms with Crippen LogP contribution in [-0.2, 0) is 4.74 Å². The van der Waals surface area contributed by atoms with Crippen LogP contribution in [0.25, 0.3) is 0 Å². The number of carbonyl (C=O) groups excluding carboxylic acids is 1. The van der Waals surface area contributed by atoms with Crippen molar-refractivity contribution < 1.29 is 14.6 Å². The van der Waals surface area contributed by atoms with Crippen molar-refractivity contribution in [2.75, 3.05) is 13.7 Å². The van der Waals surface area contributed by atoms with E-state index in [0.717, 1.165) is 10.0 Å². The summed E-state index contributed by atoms with van der Waals surface area (Å²) in [7, 11) is 1.62. The lowest BCUT2D eigenvalue weighted by molar-refractivity contribution is 0.0159. The molecule has 1 N–H and O–H groups in total. The number of halogens is 1. The van der Waals surface area contributed by atoms with Crippen molar-refractivity contribution in [3.05, 3.63) is 34.3 Å². The van der Waals surface area contributed by atoms with Gasteiger partial charge in [-0.3, -0.25) is 0 Å². The lowest BCUT2D eigenvalue weighted by atomic mass is 10.1. The number of nitrogens with zero attached hydrogens (tertiary/aromatic N) is 1. The topological polar surface area (TPSA) is 49.8 Å². The maximum absolute atomic E-state index is 12.0. The minimum atomic E-state index is -0.553. The van der Waals surface area contributed by atoms with Crippen LogP contribution < -0.4 is 0 Å². The average Bonchev–Trinajstić information content (AvgIpc) is 2.27. The molecule has 0 radical (unpaired) electrons. The molecular weight excluding hydrogens is 310 g/mol. The summed E-state index contributed by atoms with van der Waals surface area (Å²) in [4.78, 5) is 13.4. The van der Waals surface area contributed by atoms with Crippen molar-refractivity contribution in [1.29, 1.82) is 0 Å². The summed E-state index contributed by atoms with van der Waals surface area (Å²) in [6.07, 6.45) is -0.452. The van der Waals surface area contributed by atoms with Gasteiger partial charge in [0.05, 0.1) is 12.6 Å².